The van der Waals surface area contributed by atoms with Crippen LogP contribution in [-0.2, 0) is 4.79 Å². The summed E-state index contributed by atoms with van der Waals surface area (Å²) in [7, 11) is 0. The molecule has 82 valence electrons. The van der Waals surface area contributed by atoms with Crippen LogP contribution >= 0.6 is 0 Å². The fourth-order valence-electron chi connectivity index (χ4n) is 1.33. The monoisotopic (exact) mass is 208 g/mol. The summed E-state index contributed by atoms with van der Waals surface area (Å²) in [6.45, 7) is 2.02. The molecule has 1 aromatic heterocycles. The summed E-state index contributed by atoms with van der Waals surface area (Å²) in [5, 5.41) is 11.7. The van der Waals surface area contributed by atoms with Crippen LogP contribution < -0.4 is 5.32 Å². The Bertz CT molecular complexity index is 301. The smallest absolute Gasteiger partial charge is 0.303 e. The van der Waals surface area contributed by atoms with E-state index in [0.29, 0.717) is 6.42 Å². The van der Waals surface area contributed by atoms with Crippen molar-refractivity contribution in [2.75, 3.05) is 5.32 Å². The van der Waals surface area contributed by atoms with Gasteiger partial charge in [0.15, 0.2) is 0 Å². The van der Waals surface area contributed by atoms with Crippen LogP contribution in [0.4, 0.5) is 5.82 Å². The lowest BCUT2D eigenvalue weighted by Crippen LogP contribution is -2.16. The van der Waals surface area contributed by atoms with Crippen LogP contribution in [0, 0.1) is 0 Å². The molecule has 1 atom stereocenters. The Morgan fingerprint density at radius 3 is 3.00 bits per heavy atom. The van der Waals surface area contributed by atoms with Gasteiger partial charge in [0.2, 0.25) is 0 Å². The van der Waals surface area contributed by atoms with Gasteiger partial charge in [-0.05, 0) is 31.9 Å². The second-order valence-corrected chi connectivity index (χ2v) is 3.55. The van der Waals surface area contributed by atoms with Gasteiger partial charge in [-0.15, -0.1) is 0 Å². The highest BCUT2D eigenvalue weighted by molar-refractivity contribution is 5.66. The van der Waals surface area contributed by atoms with Gasteiger partial charge in [0.05, 0.1) is 0 Å². The lowest BCUT2D eigenvalue weighted by atomic mass is 10.1. The van der Waals surface area contributed by atoms with Gasteiger partial charge in [-0.25, -0.2) is 4.98 Å². The third kappa shape index (κ3) is 5.00. The van der Waals surface area contributed by atoms with Crippen LogP contribution in [0.3, 0.4) is 0 Å². The first-order chi connectivity index (χ1) is 7.18. The van der Waals surface area contributed by atoms with Crippen molar-refractivity contribution in [3.63, 3.8) is 0 Å². The van der Waals surface area contributed by atoms with E-state index in [9.17, 15) is 4.79 Å². The number of pyridine rings is 1. The molecule has 0 radical (unpaired) electrons. The van der Waals surface area contributed by atoms with E-state index in [0.717, 1.165) is 12.2 Å². The molecule has 0 bridgehead atoms. The molecule has 4 nitrogen and oxygen atoms in total. The van der Waals surface area contributed by atoms with Crippen LogP contribution in [0.2, 0.25) is 0 Å². The van der Waals surface area contributed by atoms with Gasteiger partial charge in [-0.2, -0.15) is 0 Å². The number of carbonyl (C=O) groups is 1. The number of aromatic nitrogens is 1. The zero-order valence-electron chi connectivity index (χ0n) is 8.81. The van der Waals surface area contributed by atoms with E-state index in [1.165, 1.54) is 0 Å². The molecular weight excluding hydrogens is 192 g/mol. The van der Waals surface area contributed by atoms with Crippen molar-refractivity contribution in [3.8, 4) is 0 Å². The van der Waals surface area contributed by atoms with Crippen LogP contribution in [-0.4, -0.2) is 22.1 Å². The first-order valence-corrected chi connectivity index (χ1v) is 5.08. The molecule has 0 fully saturated rings. The molecule has 0 aromatic carbocycles. The molecule has 1 heterocycles. The number of hydrogen-bond donors (Lipinski definition) is 2. The maximum absolute atomic E-state index is 10.3. The Hall–Kier alpha value is -1.58. The summed E-state index contributed by atoms with van der Waals surface area (Å²) in [5.74, 6) is 0.0976. The maximum Gasteiger partial charge on any atom is 0.303 e. The van der Waals surface area contributed by atoms with E-state index >= 15 is 0 Å². The van der Waals surface area contributed by atoms with Crippen molar-refractivity contribution in [2.45, 2.75) is 32.2 Å². The van der Waals surface area contributed by atoms with E-state index in [2.05, 4.69) is 10.3 Å². The second kappa shape index (κ2) is 6.01. The summed E-state index contributed by atoms with van der Waals surface area (Å²) < 4.78 is 0. The largest absolute Gasteiger partial charge is 0.481 e. The van der Waals surface area contributed by atoms with E-state index in [-0.39, 0.29) is 12.5 Å². The maximum atomic E-state index is 10.3. The zero-order chi connectivity index (χ0) is 11.1. The summed E-state index contributed by atoms with van der Waals surface area (Å²) in [6.07, 6.45) is 3.49. The lowest BCUT2D eigenvalue weighted by molar-refractivity contribution is -0.137. The Balaban J connectivity index is 2.24. The zero-order valence-corrected chi connectivity index (χ0v) is 8.81. The first-order valence-electron chi connectivity index (χ1n) is 5.08. The van der Waals surface area contributed by atoms with Crippen LogP contribution in [0.1, 0.15) is 26.2 Å². The van der Waals surface area contributed by atoms with Crippen LogP contribution in [0.25, 0.3) is 0 Å². The highest BCUT2D eigenvalue weighted by Crippen LogP contribution is 2.07. The minimum Gasteiger partial charge on any atom is -0.481 e. The summed E-state index contributed by atoms with van der Waals surface area (Å²) in [6, 6.07) is 5.92. The number of carboxylic acids is 1. The molecule has 1 unspecified atom stereocenters. The number of nitrogens with one attached hydrogen (secondary N) is 1. The van der Waals surface area contributed by atoms with Crippen LogP contribution in [0.15, 0.2) is 24.4 Å². The van der Waals surface area contributed by atoms with Crippen molar-refractivity contribution in [1.29, 1.82) is 0 Å². The number of aliphatic carboxylic acids is 1. The van der Waals surface area contributed by atoms with Gasteiger partial charge in [-0.3, -0.25) is 4.79 Å². The Morgan fingerprint density at radius 1 is 1.60 bits per heavy atom. The third-order valence-electron chi connectivity index (χ3n) is 2.09. The number of hydrogen-bond acceptors (Lipinski definition) is 3. The molecule has 0 spiro atoms. The second-order valence-electron chi connectivity index (χ2n) is 3.55. The molecule has 1 aromatic rings. The van der Waals surface area contributed by atoms with E-state index < -0.39 is 5.97 Å². The average Bonchev–Trinajstić information content (AvgIpc) is 2.18. The fraction of sp³-hybridized carbons (Fsp3) is 0.455. The van der Waals surface area contributed by atoms with Gasteiger partial charge >= 0.3 is 5.97 Å². The Kier molecular flexibility index (Phi) is 4.60. The molecule has 0 saturated heterocycles. The number of carboxylic acid groups (broad SMARTS) is 1. The summed E-state index contributed by atoms with van der Waals surface area (Å²) in [4.78, 5) is 14.4. The van der Waals surface area contributed by atoms with Gasteiger partial charge in [0.25, 0.3) is 0 Å². The molecule has 1 rings (SSSR count). The van der Waals surface area contributed by atoms with Gasteiger partial charge in [0, 0.05) is 18.7 Å². The third-order valence-corrected chi connectivity index (χ3v) is 2.09. The Morgan fingerprint density at radius 2 is 2.40 bits per heavy atom. The molecule has 15 heavy (non-hydrogen) atoms. The standard InChI is InChI=1S/C11H16N2O2/c1-9(5-4-7-11(14)15)13-10-6-2-3-8-12-10/h2-3,6,8-9H,4-5,7H2,1H3,(H,12,13)(H,14,15). The topological polar surface area (TPSA) is 62.2 Å². The molecule has 0 aliphatic rings. The summed E-state index contributed by atoms with van der Waals surface area (Å²) in [5.41, 5.74) is 0. The quantitative estimate of drug-likeness (QED) is 0.751. The summed E-state index contributed by atoms with van der Waals surface area (Å²) >= 11 is 0. The SMILES string of the molecule is CC(CCCC(=O)O)Nc1ccccn1. The molecule has 2 N–H and O–H groups in total. The lowest BCUT2D eigenvalue weighted by Gasteiger charge is -2.13. The van der Waals surface area contributed by atoms with Gasteiger partial charge < -0.3 is 10.4 Å². The number of rotatable bonds is 6. The van der Waals surface area contributed by atoms with Gasteiger partial charge in [0.1, 0.15) is 5.82 Å². The molecule has 4 heteroatoms. The number of nitrogens with zero attached hydrogens (tertiary/aromatic N) is 1. The van der Waals surface area contributed by atoms with Crippen LogP contribution in [0.5, 0.6) is 0 Å². The van der Waals surface area contributed by atoms with Crippen molar-refractivity contribution in [2.24, 2.45) is 0 Å². The van der Waals surface area contributed by atoms with E-state index in [4.69, 9.17) is 5.11 Å². The highest BCUT2D eigenvalue weighted by Gasteiger charge is 2.03. The average molecular weight is 208 g/mol. The molecule has 0 saturated carbocycles. The molecule has 0 aliphatic heterocycles. The molecule has 0 amide bonds. The fourth-order valence-corrected chi connectivity index (χ4v) is 1.33. The number of anilines is 1. The normalized spacial score (nSPS) is 12.1. The molecular formula is C11H16N2O2. The minimum absolute atomic E-state index is 0.230. The first kappa shape index (κ1) is 11.5. The van der Waals surface area contributed by atoms with Crippen molar-refractivity contribution < 1.29 is 9.90 Å². The predicted molar refractivity (Wildman–Crippen MR) is 58.8 cm³/mol. The molecule has 0 aliphatic carbocycles. The van der Waals surface area contributed by atoms with Crippen molar-refractivity contribution >= 4 is 11.8 Å². The van der Waals surface area contributed by atoms with Crippen molar-refractivity contribution in [3.05, 3.63) is 24.4 Å². The highest BCUT2D eigenvalue weighted by atomic mass is 16.4. The minimum atomic E-state index is -0.736. The van der Waals surface area contributed by atoms with E-state index in [1.54, 1.807) is 6.20 Å². The Labute approximate surface area is 89.3 Å². The van der Waals surface area contributed by atoms with Crippen molar-refractivity contribution in [1.82, 2.24) is 4.98 Å². The van der Waals surface area contributed by atoms with E-state index in [1.807, 2.05) is 25.1 Å². The van der Waals surface area contributed by atoms with Gasteiger partial charge in [-0.1, -0.05) is 6.07 Å². The predicted octanol–water partition coefficient (Wildman–Crippen LogP) is 2.14.